The van der Waals surface area contributed by atoms with Crippen LogP contribution in [-0.2, 0) is 14.3 Å². The van der Waals surface area contributed by atoms with Gasteiger partial charge in [-0.05, 0) is 90.3 Å². The number of nitrogens with zero attached hydrogens (tertiary/aromatic N) is 2. The van der Waals surface area contributed by atoms with Crippen LogP contribution in [-0.4, -0.2) is 49.0 Å². The van der Waals surface area contributed by atoms with Gasteiger partial charge in [-0.2, -0.15) is 0 Å². The lowest BCUT2D eigenvalue weighted by Gasteiger charge is -2.25. The molecule has 1 aromatic heterocycles. The highest BCUT2D eigenvalue weighted by molar-refractivity contribution is 9.10. The van der Waals surface area contributed by atoms with Gasteiger partial charge in [0.25, 0.3) is 11.5 Å². The number of fused-ring (bicyclic) bond motifs is 1. The maximum atomic E-state index is 14.1. The molecule has 0 bridgehead atoms. The van der Waals surface area contributed by atoms with E-state index in [1.54, 1.807) is 25.1 Å². The predicted molar refractivity (Wildman–Crippen MR) is 186 cm³/mol. The van der Waals surface area contributed by atoms with Crippen LogP contribution in [0.15, 0.2) is 74.1 Å². The molecule has 250 valence electrons. The SMILES string of the molecule is CCOc1cc(/C=c2/sc3n(c2=O)C(c2cc(Cl)c(O)c(OC)c2)C(C(=O)OC)=C(C)N=3)cc(Br)c1OCC(=O)Nc1ccc(C)cc1. The van der Waals surface area contributed by atoms with Crippen LogP contribution in [0.5, 0.6) is 23.0 Å². The second kappa shape index (κ2) is 14.7. The van der Waals surface area contributed by atoms with E-state index in [0.717, 1.165) is 16.9 Å². The van der Waals surface area contributed by atoms with Crippen LogP contribution in [0.2, 0.25) is 5.02 Å². The second-order valence-electron chi connectivity index (χ2n) is 10.6. The highest BCUT2D eigenvalue weighted by Gasteiger charge is 2.34. The van der Waals surface area contributed by atoms with Crippen molar-refractivity contribution in [3.05, 3.63) is 106 Å². The molecule has 0 fully saturated rings. The molecule has 0 aliphatic carbocycles. The summed E-state index contributed by atoms with van der Waals surface area (Å²) >= 11 is 11.0. The number of hydrogen-bond acceptors (Lipinski definition) is 10. The summed E-state index contributed by atoms with van der Waals surface area (Å²) in [5.74, 6) is -0.533. The Hall–Kier alpha value is -4.59. The number of rotatable bonds is 10. The highest BCUT2D eigenvalue weighted by atomic mass is 79.9. The Morgan fingerprint density at radius 1 is 1.10 bits per heavy atom. The number of halogens is 2. The molecule has 2 N–H and O–H groups in total. The number of methoxy groups -OCH3 is 2. The van der Waals surface area contributed by atoms with Crippen molar-refractivity contribution in [3.63, 3.8) is 0 Å². The van der Waals surface area contributed by atoms with E-state index < -0.39 is 17.6 Å². The minimum absolute atomic E-state index is 0.0198. The number of aromatic hydroxyl groups is 1. The molecule has 11 nitrogen and oxygen atoms in total. The van der Waals surface area contributed by atoms with E-state index in [2.05, 4.69) is 26.2 Å². The summed E-state index contributed by atoms with van der Waals surface area (Å²) in [5.41, 5.74) is 2.80. The molecule has 4 aromatic rings. The van der Waals surface area contributed by atoms with E-state index in [-0.39, 0.29) is 34.6 Å². The van der Waals surface area contributed by atoms with Crippen molar-refractivity contribution in [2.75, 3.05) is 32.8 Å². The Morgan fingerprint density at radius 3 is 2.50 bits per heavy atom. The number of thiazole rings is 1. The first-order valence-electron chi connectivity index (χ1n) is 14.6. The number of ether oxygens (including phenoxy) is 4. The molecular weight excluding hydrogens is 726 g/mol. The average Bonchev–Trinajstić information content (AvgIpc) is 3.35. The molecule has 1 aliphatic heterocycles. The van der Waals surface area contributed by atoms with E-state index >= 15 is 0 Å². The Balaban J connectivity index is 1.54. The highest BCUT2D eigenvalue weighted by Crippen LogP contribution is 2.40. The third kappa shape index (κ3) is 7.13. The first kappa shape index (κ1) is 34.7. The van der Waals surface area contributed by atoms with Crippen molar-refractivity contribution in [2.24, 2.45) is 4.99 Å². The fraction of sp³-hybridized carbons (Fsp3) is 0.235. The molecule has 1 amide bonds. The number of amides is 1. The number of carbonyl (C=O) groups excluding carboxylic acids is 2. The van der Waals surface area contributed by atoms with Gasteiger partial charge in [-0.3, -0.25) is 14.2 Å². The van der Waals surface area contributed by atoms with Crippen LogP contribution < -0.4 is 34.4 Å². The van der Waals surface area contributed by atoms with Gasteiger partial charge in [0.1, 0.15) is 0 Å². The number of esters is 1. The molecule has 0 saturated carbocycles. The Kier molecular flexibility index (Phi) is 10.6. The Morgan fingerprint density at radius 2 is 1.83 bits per heavy atom. The Bertz CT molecular complexity index is 2130. The first-order valence-corrected chi connectivity index (χ1v) is 16.6. The zero-order valence-corrected chi connectivity index (χ0v) is 29.7. The van der Waals surface area contributed by atoms with Gasteiger partial charge in [0.15, 0.2) is 34.4 Å². The smallest absolute Gasteiger partial charge is 0.338 e. The van der Waals surface area contributed by atoms with Gasteiger partial charge in [0, 0.05) is 5.69 Å². The Labute approximate surface area is 292 Å². The summed E-state index contributed by atoms with van der Waals surface area (Å²) in [5, 5.41) is 13.1. The summed E-state index contributed by atoms with van der Waals surface area (Å²) in [6.45, 7) is 5.48. The van der Waals surface area contributed by atoms with Gasteiger partial charge in [-0.1, -0.05) is 40.6 Å². The molecular formula is C34H31BrClN3O8S. The van der Waals surface area contributed by atoms with Gasteiger partial charge >= 0.3 is 5.97 Å². The van der Waals surface area contributed by atoms with Crippen molar-refractivity contribution in [1.82, 2.24) is 4.57 Å². The number of anilines is 1. The molecule has 48 heavy (non-hydrogen) atoms. The van der Waals surface area contributed by atoms with Gasteiger partial charge in [0.2, 0.25) is 0 Å². The molecule has 1 aliphatic rings. The van der Waals surface area contributed by atoms with Crippen molar-refractivity contribution in [1.29, 1.82) is 0 Å². The van der Waals surface area contributed by atoms with E-state index in [4.69, 9.17) is 30.5 Å². The van der Waals surface area contributed by atoms with Gasteiger partial charge in [-0.25, -0.2) is 9.79 Å². The predicted octanol–water partition coefficient (Wildman–Crippen LogP) is 5.26. The van der Waals surface area contributed by atoms with Crippen molar-refractivity contribution < 1.29 is 33.6 Å². The van der Waals surface area contributed by atoms with Crippen LogP contribution in [0.3, 0.4) is 0 Å². The lowest BCUT2D eigenvalue weighted by molar-refractivity contribution is -0.136. The normalized spacial score (nSPS) is 14.2. The molecule has 1 atom stereocenters. The zero-order valence-electron chi connectivity index (χ0n) is 26.6. The number of aryl methyl sites for hydroxylation is 1. The molecule has 14 heteroatoms. The third-order valence-electron chi connectivity index (χ3n) is 7.33. The molecule has 5 rings (SSSR count). The van der Waals surface area contributed by atoms with Crippen LogP contribution >= 0.6 is 38.9 Å². The average molecular weight is 757 g/mol. The lowest BCUT2D eigenvalue weighted by Crippen LogP contribution is -2.39. The minimum atomic E-state index is -0.976. The number of phenolic OH excluding ortho intramolecular Hbond substituents is 1. The fourth-order valence-electron chi connectivity index (χ4n) is 5.11. The number of hydrogen-bond donors (Lipinski definition) is 2. The summed E-state index contributed by atoms with van der Waals surface area (Å²) in [6, 6.07) is 12.9. The first-order chi connectivity index (χ1) is 22.9. The van der Waals surface area contributed by atoms with Gasteiger partial charge in [-0.15, -0.1) is 0 Å². The second-order valence-corrected chi connectivity index (χ2v) is 12.9. The topological polar surface area (TPSA) is 138 Å². The summed E-state index contributed by atoms with van der Waals surface area (Å²) in [6.07, 6.45) is 1.67. The van der Waals surface area contributed by atoms with Crippen molar-refractivity contribution in [3.8, 4) is 23.0 Å². The van der Waals surface area contributed by atoms with E-state index in [9.17, 15) is 19.5 Å². The molecule has 3 aromatic carbocycles. The molecule has 0 spiro atoms. The van der Waals surface area contributed by atoms with Crippen molar-refractivity contribution >= 4 is 62.5 Å². The van der Waals surface area contributed by atoms with E-state index in [0.29, 0.717) is 54.4 Å². The number of allylic oxidation sites excluding steroid dienone is 1. The van der Waals surface area contributed by atoms with Crippen LogP contribution in [0, 0.1) is 6.92 Å². The van der Waals surface area contributed by atoms with E-state index in [1.165, 1.54) is 30.9 Å². The summed E-state index contributed by atoms with van der Waals surface area (Å²) < 4.78 is 24.3. The number of benzene rings is 3. The van der Waals surface area contributed by atoms with Crippen molar-refractivity contribution in [2.45, 2.75) is 26.8 Å². The minimum Gasteiger partial charge on any atom is -0.503 e. The fourth-order valence-corrected chi connectivity index (χ4v) is 6.95. The standard InChI is InChI=1S/C34H31BrClN3O8S/c1-6-46-25-12-19(11-22(35)31(25)47-16-27(40)38-21-9-7-17(2)8-10-21)13-26-32(42)39-29(20-14-23(36)30(41)24(15-20)44-4)28(33(43)45-5)18(3)37-34(39)48-26/h7-15,29,41H,6,16H2,1-5H3,(H,38,40)/b26-13+. The van der Waals surface area contributed by atoms with Gasteiger partial charge < -0.3 is 29.4 Å². The van der Waals surface area contributed by atoms with Crippen LogP contribution in [0.25, 0.3) is 6.08 Å². The number of aromatic nitrogens is 1. The van der Waals surface area contributed by atoms with Crippen LogP contribution in [0.4, 0.5) is 5.69 Å². The molecule has 2 heterocycles. The number of phenols is 1. The maximum Gasteiger partial charge on any atom is 0.338 e. The molecule has 0 radical (unpaired) electrons. The van der Waals surface area contributed by atoms with E-state index in [1.807, 2.05) is 38.1 Å². The largest absolute Gasteiger partial charge is 0.503 e. The number of nitrogens with one attached hydrogen (secondary N) is 1. The third-order valence-corrected chi connectivity index (χ3v) is 9.19. The quantitative estimate of drug-likeness (QED) is 0.209. The molecule has 0 saturated heterocycles. The summed E-state index contributed by atoms with van der Waals surface area (Å²) in [4.78, 5) is 44.6. The summed E-state index contributed by atoms with van der Waals surface area (Å²) in [7, 11) is 2.61. The zero-order chi connectivity index (χ0) is 34.7. The number of carbonyl (C=O) groups is 2. The maximum absolute atomic E-state index is 14.1. The van der Waals surface area contributed by atoms with Gasteiger partial charge in [0.05, 0.1) is 52.2 Å². The molecule has 1 unspecified atom stereocenters. The lowest BCUT2D eigenvalue weighted by atomic mass is 9.95. The van der Waals surface area contributed by atoms with Crippen LogP contribution in [0.1, 0.15) is 36.6 Å². The monoisotopic (exact) mass is 755 g/mol.